The van der Waals surface area contributed by atoms with E-state index in [1.807, 2.05) is 0 Å². The molecule has 0 radical (unpaired) electrons. The average Bonchev–Trinajstić information content (AvgIpc) is 2.70. The van der Waals surface area contributed by atoms with Crippen molar-refractivity contribution in [2.24, 2.45) is 0 Å². The third-order valence-corrected chi connectivity index (χ3v) is 4.36. The Morgan fingerprint density at radius 1 is 1.10 bits per heavy atom. The molecule has 0 aliphatic heterocycles. The molecule has 2 aromatic carbocycles. The summed E-state index contributed by atoms with van der Waals surface area (Å²) in [6, 6.07) is 8.89. The molecule has 0 saturated carbocycles. The number of aryl methyl sites for hydroxylation is 1. The summed E-state index contributed by atoms with van der Waals surface area (Å²) in [6.07, 6.45) is 0. The molecule has 0 fully saturated rings. The van der Waals surface area contributed by atoms with Gasteiger partial charge in [0.2, 0.25) is 5.43 Å². The average molecular weight is 434 g/mol. The van der Waals surface area contributed by atoms with Crippen LogP contribution >= 0.6 is 11.6 Å². The van der Waals surface area contributed by atoms with E-state index in [1.165, 1.54) is 10.7 Å². The molecule has 0 unspecified atom stereocenters. The van der Waals surface area contributed by atoms with Gasteiger partial charge in [-0.15, -0.1) is 0 Å². The summed E-state index contributed by atoms with van der Waals surface area (Å²) in [5.41, 5.74) is -1.34. The Kier molecular flexibility index (Phi) is 5.93. The molecule has 0 bridgehead atoms. The minimum absolute atomic E-state index is 0.427. The summed E-state index contributed by atoms with van der Waals surface area (Å²) in [5.74, 6) is -4.39. The molecule has 1 amide bonds. The Balaban J connectivity index is 2.00. The van der Waals surface area contributed by atoms with Gasteiger partial charge in [0.1, 0.15) is 11.6 Å². The van der Waals surface area contributed by atoms with Gasteiger partial charge in [-0.05, 0) is 37.3 Å². The molecule has 0 spiro atoms. The maximum absolute atomic E-state index is 14.1. The number of hydrogen-bond acceptors (Lipinski definition) is 5. The normalized spacial score (nSPS) is 10.6. The standard InChI is InChI=1S/C20H14ClF2N3O4/c1-10-7-17(27)18(25-26(10)12-5-3-11(21)4-6-12)19(28)24-16-8-13(20(29)30-2)14(22)9-15(16)23/h3-9H,1-2H3,(H,24,28). The maximum atomic E-state index is 14.1. The Labute approximate surface area is 173 Å². The highest BCUT2D eigenvalue weighted by Gasteiger charge is 2.21. The van der Waals surface area contributed by atoms with Crippen LogP contribution in [0.25, 0.3) is 5.69 Å². The van der Waals surface area contributed by atoms with Crippen LogP contribution in [0, 0.1) is 18.6 Å². The highest BCUT2D eigenvalue weighted by atomic mass is 35.5. The molecule has 154 valence electrons. The van der Waals surface area contributed by atoms with Crippen LogP contribution in [0.3, 0.4) is 0 Å². The summed E-state index contributed by atoms with van der Waals surface area (Å²) >= 11 is 5.87. The van der Waals surface area contributed by atoms with Gasteiger partial charge in [0.15, 0.2) is 5.69 Å². The van der Waals surface area contributed by atoms with E-state index in [9.17, 15) is 23.2 Å². The molecule has 7 nitrogen and oxygen atoms in total. The first kappa shape index (κ1) is 21.1. The van der Waals surface area contributed by atoms with Gasteiger partial charge in [0, 0.05) is 22.8 Å². The van der Waals surface area contributed by atoms with Crippen LogP contribution in [0.1, 0.15) is 26.5 Å². The zero-order valence-corrected chi connectivity index (χ0v) is 16.5. The zero-order chi connectivity index (χ0) is 22.0. The third-order valence-electron chi connectivity index (χ3n) is 4.10. The Morgan fingerprint density at radius 3 is 2.40 bits per heavy atom. The number of benzene rings is 2. The van der Waals surface area contributed by atoms with Crippen molar-refractivity contribution in [1.29, 1.82) is 0 Å². The molecule has 1 N–H and O–H groups in total. The lowest BCUT2D eigenvalue weighted by atomic mass is 10.1. The molecule has 1 aromatic heterocycles. The van der Waals surface area contributed by atoms with E-state index < -0.39 is 45.9 Å². The topological polar surface area (TPSA) is 90.3 Å². The van der Waals surface area contributed by atoms with Gasteiger partial charge in [-0.25, -0.2) is 18.3 Å². The first-order chi connectivity index (χ1) is 14.2. The van der Waals surface area contributed by atoms with Crippen molar-refractivity contribution in [3.63, 3.8) is 0 Å². The molecule has 3 rings (SSSR count). The first-order valence-electron chi connectivity index (χ1n) is 8.47. The molecule has 0 aliphatic carbocycles. The van der Waals surface area contributed by atoms with Crippen LogP contribution in [0.5, 0.6) is 0 Å². The van der Waals surface area contributed by atoms with Gasteiger partial charge < -0.3 is 10.1 Å². The van der Waals surface area contributed by atoms with Crippen molar-refractivity contribution in [3.05, 3.63) is 86.3 Å². The maximum Gasteiger partial charge on any atom is 0.340 e. The van der Waals surface area contributed by atoms with E-state index >= 15 is 0 Å². The van der Waals surface area contributed by atoms with Crippen molar-refractivity contribution in [3.8, 4) is 5.69 Å². The van der Waals surface area contributed by atoms with Gasteiger partial charge >= 0.3 is 5.97 Å². The van der Waals surface area contributed by atoms with Crippen LogP contribution in [-0.4, -0.2) is 28.8 Å². The van der Waals surface area contributed by atoms with Crippen LogP contribution in [0.4, 0.5) is 14.5 Å². The number of rotatable bonds is 4. The van der Waals surface area contributed by atoms with E-state index in [0.29, 0.717) is 22.5 Å². The van der Waals surface area contributed by atoms with Crippen molar-refractivity contribution in [2.75, 3.05) is 12.4 Å². The smallest absolute Gasteiger partial charge is 0.340 e. The van der Waals surface area contributed by atoms with E-state index in [0.717, 1.165) is 13.2 Å². The van der Waals surface area contributed by atoms with Crippen LogP contribution < -0.4 is 10.7 Å². The molecule has 0 saturated heterocycles. The third kappa shape index (κ3) is 4.20. The van der Waals surface area contributed by atoms with Gasteiger partial charge in [0.05, 0.1) is 24.0 Å². The van der Waals surface area contributed by atoms with Gasteiger partial charge in [-0.3, -0.25) is 9.59 Å². The lowest BCUT2D eigenvalue weighted by Gasteiger charge is -2.12. The number of amides is 1. The second-order valence-electron chi connectivity index (χ2n) is 6.14. The quantitative estimate of drug-likeness (QED) is 0.636. The van der Waals surface area contributed by atoms with E-state index in [-0.39, 0.29) is 0 Å². The van der Waals surface area contributed by atoms with Crippen LogP contribution in [0.2, 0.25) is 5.02 Å². The number of ether oxygens (including phenoxy) is 1. The number of hydrogen-bond donors (Lipinski definition) is 1. The number of nitrogens with one attached hydrogen (secondary N) is 1. The van der Waals surface area contributed by atoms with E-state index in [2.05, 4.69) is 15.2 Å². The number of esters is 1. The number of halogens is 3. The number of carbonyl (C=O) groups excluding carboxylic acids is 2. The summed E-state index contributed by atoms with van der Waals surface area (Å²) in [7, 11) is 1.03. The minimum Gasteiger partial charge on any atom is -0.465 e. The van der Waals surface area contributed by atoms with Crippen molar-refractivity contribution >= 4 is 29.2 Å². The monoisotopic (exact) mass is 433 g/mol. The lowest BCUT2D eigenvalue weighted by Crippen LogP contribution is -2.27. The van der Waals surface area contributed by atoms with E-state index in [1.54, 1.807) is 31.2 Å². The highest BCUT2D eigenvalue weighted by molar-refractivity contribution is 6.30. The van der Waals surface area contributed by atoms with Crippen LogP contribution in [-0.2, 0) is 4.74 Å². The lowest BCUT2D eigenvalue weighted by molar-refractivity contribution is 0.0595. The van der Waals surface area contributed by atoms with Crippen LogP contribution in [0.15, 0.2) is 47.3 Å². The van der Waals surface area contributed by atoms with Gasteiger partial charge in [0.25, 0.3) is 5.91 Å². The molecule has 10 heteroatoms. The minimum atomic E-state index is -1.16. The summed E-state index contributed by atoms with van der Waals surface area (Å²) in [4.78, 5) is 36.5. The zero-order valence-electron chi connectivity index (χ0n) is 15.7. The molecule has 30 heavy (non-hydrogen) atoms. The molecular weight excluding hydrogens is 420 g/mol. The molecule has 0 atom stereocenters. The van der Waals surface area contributed by atoms with Crippen molar-refractivity contribution < 1.29 is 23.1 Å². The number of aromatic nitrogens is 2. The van der Waals surface area contributed by atoms with Gasteiger partial charge in [-0.1, -0.05) is 11.6 Å². The van der Waals surface area contributed by atoms with Crippen molar-refractivity contribution in [2.45, 2.75) is 6.92 Å². The fourth-order valence-corrected chi connectivity index (χ4v) is 2.77. The predicted molar refractivity (Wildman–Crippen MR) is 105 cm³/mol. The fourth-order valence-electron chi connectivity index (χ4n) is 2.64. The summed E-state index contributed by atoms with van der Waals surface area (Å²) in [6.45, 7) is 1.62. The summed E-state index contributed by atoms with van der Waals surface area (Å²) in [5, 5.41) is 6.67. The molecular formula is C20H14ClF2N3O4. The first-order valence-corrected chi connectivity index (χ1v) is 8.84. The Bertz CT molecular complexity index is 1210. The fraction of sp³-hybridized carbons (Fsp3) is 0.100. The Hall–Kier alpha value is -3.59. The largest absolute Gasteiger partial charge is 0.465 e. The number of nitrogens with zero attached hydrogens (tertiary/aromatic N) is 2. The molecule has 3 aromatic rings. The summed E-state index contributed by atoms with van der Waals surface area (Å²) < 4.78 is 33.6. The van der Waals surface area contributed by atoms with E-state index in [4.69, 9.17) is 11.6 Å². The number of anilines is 1. The molecule has 1 heterocycles. The second kappa shape index (κ2) is 8.42. The number of carbonyl (C=O) groups is 2. The molecule has 0 aliphatic rings. The van der Waals surface area contributed by atoms with Gasteiger partial charge in [-0.2, -0.15) is 5.10 Å². The number of methoxy groups -OCH3 is 1. The Morgan fingerprint density at radius 2 is 1.77 bits per heavy atom. The van der Waals surface area contributed by atoms with Crippen molar-refractivity contribution in [1.82, 2.24) is 9.78 Å². The second-order valence-corrected chi connectivity index (χ2v) is 6.58. The highest BCUT2D eigenvalue weighted by Crippen LogP contribution is 2.21. The SMILES string of the molecule is COC(=O)c1cc(NC(=O)c2nn(-c3ccc(Cl)cc3)c(C)cc2=O)c(F)cc1F. The predicted octanol–water partition coefficient (Wildman–Crippen LogP) is 3.51.